The van der Waals surface area contributed by atoms with E-state index in [1.165, 1.54) is 5.56 Å². The van der Waals surface area contributed by atoms with E-state index in [-0.39, 0.29) is 23.9 Å². The maximum atomic E-state index is 12.4. The quantitative estimate of drug-likeness (QED) is 0.872. The van der Waals surface area contributed by atoms with Crippen molar-refractivity contribution in [2.45, 2.75) is 39.3 Å². The van der Waals surface area contributed by atoms with Crippen molar-refractivity contribution in [2.75, 3.05) is 13.2 Å². The summed E-state index contributed by atoms with van der Waals surface area (Å²) in [7, 11) is 0. The van der Waals surface area contributed by atoms with E-state index in [0.29, 0.717) is 19.1 Å². The number of benzene rings is 1. The predicted molar refractivity (Wildman–Crippen MR) is 83.8 cm³/mol. The van der Waals surface area contributed by atoms with Crippen LogP contribution in [0.25, 0.3) is 0 Å². The Bertz CT molecular complexity index is 470. The number of carbonyl (C=O) groups excluding carboxylic acids is 1. The maximum Gasteiger partial charge on any atom is 0.227 e. The summed E-state index contributed by atoms with van der Waals surface area (Å²) in [6, 6.07) is 8.28. The van der Waals surface area contributed by atoms with Crippen LogP contribution < -0.4 is 11.1 Å². The molecule has 0 saturated carbocycles. The molecule has 21 heavy (non-hydrogen) atoms. The van der Waals surface area contributed by atoms with Crippen LogP contribution in [-0.2, 0) is 16.0 Å². The number of rotatable bonds is 5. The first-order valence-electron chi connectivity index (χ1n) is 7.75. The molecule has 0 aliphatic carbocycles. The Kier molecular flexibility index (Phi) is 5.37. The second kappa shape index (κ2) is 7.05. The fraction of sp³-hybridized carbons (Fsp3) is 0.588. The summed E-state index contributed by atoms with van der Waals surface area (Å²) in [6.07, 6.45) is 1.02. The summed E-state index contributed by atoms with van der Waals surface area (Å²) >= 11 is 0. The van der Waals surface area contributed by atoms with Gasteiger partial charge in [0.2, 0.25) is 5.91 Å². The minimum atomic E-state index is -0.235. The molecule has 3 atom stereocenters. The fourth-order valence-electron chi connectivity index (χ4n) is 2.70. The molecular formula is C17H26N2O2. The number of carbonyl (C=O) groups is 1. The first kappa shape index (κ1) is 16.0. The highest BCUT2D eigenvalue weighted by atomic mass is 16.5. The monoisotopic (exact) mass is 290 g/mol. The van der Waals surface area contributed by atoms with E-state index in [4.69, 9.17) is 10.5 Å². The molecule has 3 N–H and O–H groups in total. The van der Waals surface area contributed by atoms with Crippen molar-refractivity contribution in [3.05, 3.63) is 35.4 Å². The number of aryl methyl sites for hydroxylation is 1. The predicted octanol–water partition coefficient (Wildman–Crippen LogP) is 2.04. The Balaban J connectivity index is 2.09. The average Bonchev–Trinajstić information content (AvgIpc) is 2.90. The molecule has 1 aromatic rings. The van der Waals surface area contributed by atoms with E-state index in [1.54, 1.807) is 0 Å². The van der Waals surface area contributed by atoms with Crippen LogP contribution in [0.2, 0.25) is 0 Å². The molecule has 1 fully saturated rings. The van der Waals surface area contributed by atoms with Gasteiger partial charge in [-0.25, -0.2) is 0 Å². The standard InChI is InChI=1S/C17H26N2O2/c1-4-12-5-7-13(8-6-12)16(11(2)3)19-17(20)14-9-21-10-15(14)18/h5-8,11,14-16H,4,9-10,18H2,1-3H3,(H,19,20). The van der Waals surface area contributed by atoms with Crippen LogP contribution in [0.1, 0.15) is 37.9 Å². The summed E-state index contributed by atoms with van der Waals surface area (Å²) in [6.45, 7) is 7.26. The van der Waals surface area contributed by atoms with Gasteiger partial charge in [-0.15, -0.1) is 0 Å². The molecule has 2 rings (SSSR count). The molecule has 0 bridgehead atoms. The molecular weight excluding hydrogens is 264 g/mol. The highest BCUT2D eigenvalue weighted by Crippen LogP contribution is 2.23. The van der Waals surface area contributed by atoms with E-state index in [2.05, 4.69) is 50.4 Å². The van der Waals surface area contributed by atoms with Gasteiger partial charge >= 0.3 is 0 Å². The minimum Gasteiger partial charge on any atom is -0.379 e. The molecule has 1 aliphatic rings. The highest BCUT2D eigenvalue weighted by molar-refractivity contribution is 5.80. The van der Waals surface area contributed by atoms with E-state index in [9.17, 15) is 4.79 Å². The molecule has 1 aliphatic heterocycles. The first-order valence-corrected chi connectivity index (χ1v) is 7.75. The van der Waals surface area contributed by atoms with Gasteiger partial charge in [0.05, 0.1) is 25.2 Å². The lowest BCUT2D eigenvalue weighted by molar-refractivity contribution is -0.126. The lowest BCUT2D eigenvalue weighted by atomic mass is 9.93. The normalized spacial score (nSPS) is 23.3. The largest absolute Gasteiger partial charge is 0.379 e. The van der Waals surface area contributed by atoms with Crippen LogP contribution in [0.15, 0.2) is 24.3 Å². The molecule has 0 radical (unpaired) electrons. The van der Waals surface area contributed by atoms with Crippen LogP contribution in [0, 0.1) is 11.8 Å². The van der Waals surface area contributed by atoms with Crippen LogP contribution >= 0.6 is 0 Å². The zero-order valence-corrected chi connectivity index (χ0v) is 13.1. The number of nitrogens with one attached hydrogen (secondary N) is 1. The third kappa shape index (κ3) is 3.83. The second-order valence-electron chi connectivity index (χ2n) is 6.13. The third-order valence-corrected chi connectivity index (χ3v) is 4.17. The lowest BCUT2D eigenvalue weighted by Crippen LogP contribution is -2.43. The van der Waals surface area contributed by atoms with Gasteiger partial charge in [0.1, 0.15) is 0 Å². The Morgan fingerprint density at radius 3 is 2.48 bits per heavy atom. The molecule has 1 aromatic carbocycles. The molecule has 4 nitrogen and oxygen atoms in total. The average molecular weight is 290 g/mol. The second-order valence-corrected chi connectivity index (χ2v) is 6.13. The minimum absolute atomic E-state index is 0.00160. The van der Waals surface area contributed by atoms with Crippen molar-refractivity contribution < 1.29 is 9.53 Å². The smallest absolute Gasteiger partial charge is 0.227 e. The Morgan fingerprint density at radius 1 is 1.33 bits per heavy atom. The van der Waals surface area contributed by atoms with Crippen LogP contribution in [0.3, 0.4) is 0 Å². The van der Waals surface area contributed by atoms with Gasteiger partial charge in [0, 0.05) is 6.04 Å². The van der Waals surface area contributed by atoms with Crippen molar-refractivity contribution in [3.8, 4) is 0 Å². The van der Waals surface area contributed by atoms with Gasteiger partial charge in [-0.2, -0.15) is 0 Å². The zero-order chi connectivity index (χ0) is 15.4. The zero-order valence-electron chi connectivity index (χ0n) is 13.1. The number of hydrogen-bond acceptors (Lipinski definition) is 3. The molecule has 0 aromatic heterocycles. The molecule has 1 amide bonds. The Hall–Kier alpha value is -1.39. The van der Waals surface area contributed by atoms with Crippen molar-refractivity contribution in [1.82, 2.24) is 5.32 Å². The molecule has 0 spiro atoms. The van der Waals surface area contributed by atoms with Crippen molar-refractivity contribution in [1.29, 1.82) is 0 Å². The Morgan fingerprint density at radius 2 is 2.00 bits per heavy atom. The fourth-order valence-corrected chi connectivity index (χ4v) is 2.70. The van der Waals surface area contributed by atoms with Crippen LogP contribution in [0.5, 0.6) is 0 Å². The van der Waals surface area contributed by atoms with Gasteiger partial charge in [-0.05, 0) is 23.5 Å². The van der Waals surface area contributed by atoms with E-state index >= 15 is 0 Å². The SMILES string of the molecule is CCc1ccc(C(NC(=O)C2COCC2N)C(C)C)cc1. The molecule has 3 unspecified atom stereocenters. The number of hydrogen-bond donors (Lipinski definition) is 2. The molecule has 116 valence electrons. The molecule has 1 saturated heterocycles. The van der Waals surface area contributed by atoms with Crippen LogP contribution in [-0.4, -0.2) is 25.2 Å². The van der Waals surface area contributed by atoms with E-state index in [0.717, 1.165) is 12.0 Å². The van der Waals surface area contributed by atoms with Gasteiger partial charge in [-0.3, -0.25) is 4.79 Å². The topological polar surface area (TPSA) is 64.3 Å². The van der Waals surface area contributed by atoms with Crippen molar-refractivity contribution >= 4 is 5.91 Å². The summed E-state index contributed by atoms with van der Waals surface area (Å²) in [4.78, 5) is 12.4. The van der Waals surface area contributed by atoms with Gasteiger partial charge in [-0.1, -0.05) is 45.0 Å². The van der Waals surface area contributed by atoms with E-state index in [1.807, 2.05) is 0 Å². The number of nitrogens with two attached hydrogens (primary N) is 1. The summed E-state index contributed by atoms with van der Waals surface area (Å²) < 4.78 is 5.28. The number of amides is 1. The van der Waals surface area contributed by atoms with Crippen molar-refractivity contribution in [2.24, 2.45) is 17.6 Å². The van der Waals surface area contributed by atoms with Gasteiger partial charge < -0.3 is 15.8 Å². The number of ether oxygens (including phenoxy) is 1. The maximum absolute atomic E-state index is 12.4. The molecule has 4 heteroatoms. The Labute approximate surface area is 127 Å². The van der Waals surface area contributed by atoms with Gasteiger partial charge in [0.15, 0.2) is 0 Å². The third-order valence-electron chi connectivity index (χ3n) is 4.17. The lowest BCUT2D eigenvalue weighted by Gasteiger charge is -2.25. The summed E-state index contributed by atoms with van der Waals surface area (Å²) in [5, 5.41) is 3.14. The summed E-state index contributed by atoms with van der Waals surface area (Å²) in [5.41, 5.74) is 8.37. The summed E-state index contributed by atoms with van der Waals surface area (Å²) in [5.74, 6) is 0.0828. The molecule has 1 heterocycles. The van der Waals surface area contributed by atoms with Gasteiger partial charge in [0.25, 0.3) is 0 Å². The van der Waals surface area contributed by atoms with Crippen LogP contribution in [0.4, 0.5) is 0 Å². The highest BCUT2D eigenvalue weighted by Gasteiger charge is 2.33. The first-order chi connectivity index (χ1) is 10.0. The van der Waals surface area contributed by atoms with E-state index < -0.39 is 0 Å². The van der Waals surface area contributed by atoms with Crippen molar-refractivity contribution in [3.63, 3.8) is 0 Å².